The summed E-state index contributed by atoms with van der Waals surface area (Å²) in [5.74, 6) is -0.0915. The number of carbonyl (C=O) groups excluding carboxylic acids is 2. The molecule has 2 aliphatic heterocycles. The summed E-state index contributed by atoms with van der Waals surface area (Å²) >= 11 is 12.0. The van der Waals surface area contributed by atoms with Gasteiger partial charge in [-0.25, -0.2) is 0 Å². The molecule has 2 aliphatic rings. The van der Waals surface area contributed by atoms with Crippen molar-refractivity contribution < 1.29 is 9.59 Å². The summed E-state index contributed by atoms with van der Waals surface area (Å²) in [5, 5.41) is 7.79. The molecule has 2 amide bonds. The van der Waals surface area contributed by atoms with Crippen LogP contribution in [0.5, 0.6) is 0 Å². The zero-order valence-electron chi connectivity index (χ0n) is 26.9. The third kappa shape index (κ3) is 4.95. The summed E-state index contributed by atoms with van der Waals surface area (Å²) in [7, 11) is 0. The molecule has 0 atom stereocenters. The van der Waals surface area contributed by atoms with Crippen molar-refractivity contribution >= 4 is 89.3 Å². The molecule has 0 N–H and O–H groups in total. The van der Waals surface area contributed by atoms with E-state index in [9.17, 15) is 9.59 Å². The predicted octanol–water partition coefficient (Wildman–Crippen LogP) is 10.3. The van der Waals surface area contributed by atoms with Crippen molar-refractivity contribution in [1.29, 1.82) is 0 Å². The zero-order valence-corrected chi connectivity index (χ0v) is 28.5. The lowest BCUT2D eigenvalue weighted by Crippen LogP contribution is -2.40. The zero-order chi connectivity index (χ0) is 31.9. The Kier molecular flexibility index (Phi) is 8.65. The fourth-order valence-corrected chi connectivity index (χ4v) is 8.37. The van der Waals surface area contributed by atoms with Crippen LogP contribution in [0.2, 0.25) is 0 Å². The van der Waals surface area contributed by atoms with Gasteiger partial charge in [-0.2, -0.15) is 0 Å². The van der Waals surface area contributed by atoms with Gasteiger partial charge in [0.15, 0.2) is 0 Å². The number of unbranched alkanes of at least 4 members (excludes halogenated alkanes) is 10. The average molecular weight is 645 g/mol. The van der Waals surface area contributed by atoms with Crippen LogP contribution < -0.4 is 0 Å². The third-order valence-corrected chi connectivity index (χ3v) is 11.0. The molecule has 0 bridgehead atoms. The molecular weight excluding hydrogens is 605 g/mol. The van der Waals surface area contributed by atoms with Crippen LogP contribution in [0, 0.1) is 12.1 Å². The molecule has 0 saturated carbocycles. The summed E-state index contributed by atoms with van der Waals surface area (Å²) in [6.07, 6.45) is 13.9. The number of hydrogen-bond donors (Lipinski definition) is 0. The number of rotatable bonds is 14. The van der Waals surface area contributed by atoms with Gasteiger partial charge in [0, 0.05) is 51.3 Å². The minimum absolute atomic E-state index is 0.0113. The van der Waals surface area contributed by atoms with Crippen molar-refractivity contribution in [2.75, 3.05) is 13.1 Å². The Morgan fingerprint density at radius 1 is 0.522 bits per heavy atom. The van der Waals surface area contributed by atoms with E-state index < -0.39 is 0 Å². The molecule has 0 saturated heterocycles. The standard InChI is InChI=1S/C40H40N2O2S2/c1-3-5-7-9-11-13-23-41-37(43)29-19-15-25-28-18-22-32-36-30(38(44)42(40(32)46)24-14-12-10-8-6-4-2)20-16-26(34(28)36)27-17-21-31(39(41)45)35(29)33(25)27/h15,17-19,21-22H,3-14,23-24H2,1-2H3. The van der Waals surface area contributed by atoms with Crippen LogP contribution in [0.25, 0.3) is 43.1 Å². The average Bonchev–Trinajstić information content (AvgIpc) is 3.07. The highest BCUT2D eigenvalue weighted by atomic mass is 32.1. The van der Waals surface area contributed by atoms with Crippen molar-refractivity contribution in [3.05, 3.63) is 70.8 Å². The summed E-state index contributed by atoms with van der Waals surface area (Å²) in [6, 6.07) is 19.1. The van der Waals surface area contributed by atoms with Crippen molar-refractivity contribution in [3.63, 3.8) is 0 Å². The van der Waals surface area contributed by atoms with E-state index >= 15 is 0 Å². The van der Waals surface area contributed by atoms with Gasteiger partial charge >= 0.3 is 0 Å². The molecular formula is C40H40N2O2S2. The second kappa shape index (κ2) is 12.9. The Bertz CT molecular complexity index is 1760. The van der Waals surface area contributed by atoms with Crippen LogP contribution in [0.15, 0.2) is 36.4 Å². The summed E-state index contributed by atoms with van der Waals surface area (Å²) in [4.78, 5) is 32.5. The Hall–Kier alpha value is -3.66. The molecule has 0 unspecified atom stereocenters. The Morgan fingerprint density at radius 2 is 1.02 bits per heavy atom. The van der Waals surface area contributed by atoms with Crippen molar-refractivity contribution in [2.45, 2.75) is 90.9 Å². The molecule has 4 nitrogen and oxygen atoms in total. The SMILES string of the molecule is CCCCCCCCN1C(=O)c2c#cc3c4ccc5c6c(ccc(c7ccc(c2c37)C1=S)c64)C(=O)N(CCCCCCCC)C5=S. The number of nitrogens with zero attached hydrogens (tertiary/aromatic N) is 2. The first-order chi connectivity index (χ1) is 22.5. The van der Waals surface area contributed by atoms with Crippen molar-refractivity contribution in [3.8, 4) is 0 Å². The maximum absolute atomic E-state index is 13.9. The maximum Gasteiger partial charge on any atom is 0.268 e. The normalized spacial score (nSPS) is 14.6. The minimum Gasteiger partial charge on any atom is -0.299 e. The number of benzene rings is 4. The van der Waals surface area contributed by atoms with Crippen LogP contribution in [0.3, 0.4) is 0 Å². The topological polar surface area (TPSA) is 40.6 Å². The highest BCUT2D eigenvalue weighted by Crippen LogP contribution is 2.45. The molecule has 234 valence electrons. The van der Waals surface area contributed by atoms with Gasteiger partial charge in [-0.05, 0) is 40.5 Å². The second-order valence-corrected chi connectivity index (χ2v) is 13.8. The first-order valence-electron chi connectivity index (χ1n) is 17.2. The fourth-order valence-electron chi connectivity index (χ4n) is 7.68. The fraction of sp³-hybridized carbons (Fsp3) is 0.400. The van der Waals surface area contributed by atoms with Gasteiger partial charge in [-0.15, -0.1) is 0 Å². The van der Waals surface area contributed by atoms with Crippen molar-refractivity contribution in [1.82, 2.24) is 9.80 Å². The van der Waals surface area contributed by atoms with Gasteiger partial charge in [-0.1, -0.05) is 145 Å². The summed E-state index contributed by atoms with van der Waals surface area (Å²) < 4.78 is 0. The predicted molar refractivity (Wildman–Crippen MR) is 198 cm³/mol. The molecule has 7 rings (SSSR count). The lowest BCUT2D eigenvalue weighted by Gasteiger charge is -2.31. The van der Waals surface area contributed by atoms with Gasteiger partial charge in [0.05, 0.1) is 5.56 Å². The Balaban J connectivity index is 1.27. The van der Waals surface area contributed by atoms with E-state index in [0.717, 1.165) is 79.9 Å². The van der Waals surface area contributed by atoms with Gasteiger partial charge in [0.2, 0.25) is 0 Å². The van der Waals surface area contributed by atoms with E-state index in [1.807, 2.05) is 6.07 Å². The number of thiocarbonyl (C=S) groups is 2. The number of carbonyl (C=O) groups is 2. The lowest BCUT2D eigenvalue weighted by atomic mass is 9.83. The van der Waals surface area contributed by atoms with Gasteiger partial charge in [0.1, 0.15) is 9.98 Å². The molecule has 0 aliphatic carbocycles. The van der Waals surface area contributed by atoms with Gasteiger partial charge in [-0.3, -0.25) is 19.4 Å². The van der Waals surface area contributed by atoms with Crippen molar-refractivity contribution in [2.24, 2.45) is 0 Å². The largest absolute Gasteiger partial charge is 0.299 e. The molecule has 0 aromatic heterocycles. The second-order valence-electron chi connectivity index (χ2n) is 13.0. The first-order valence-corrected chi connectivity index (χ1v) is 18.1. The molecule has 5 aromatic rings. The molecule has 46 heavy (non-hydrogen) atoms. The molecule has 6 heteroatoms. The minimum atomic E-state index is -0.0801. The van der Waals surface area contributed by atoms with Crippen LogP contribution in [0.1, 0.15) is 123 Å². The molecule has 5 aromatic carbocycles. The molecule has 0 spiro atoms. The van der Waals surface area contributed by atoms with Gasteiger partial charge < -0.3 is 0 Å². The smallest absolute Gasteiger partial charge is 0.268 e. The molecule has 0 radical (unpaired) electrons. The lowest BCUT2D eigenvalue weighted by molar-refractivity contribution is 0.0839. The van der Waals surface area contributed by atoms with Crippen LogP contribution >= 0.6 is 24.4 Å². The van der Waals surface area contributed by atoms with E-state index in [1.165, 1.54) is 51.4 Å². The first kappa shape index (κ1) is 31.0. The molecule has 2 heterocycles. The third-order valence-electron chi connectivity index (χ3n) is 10.1. The highest BCUT2D eigenvalue weighted by molar-refractivity contribution is 7.81. The van der Waals surface area contributed by atoms with E-state index in [1.54, 1.807) is 9.80 Å². The Labute approximate surface area is 282 Å². The monoisotopic (exact) mass is 644 g/mol. The van der Waals surface area contributed by atoms with Gasteiger partial charge in [0.25, 0.3) is 11.8 Å². The van der Waals surface area contributed by atoms with E-state index in [4.69, 9.17) is 24.4 Å². The van der Waals surface area contributed by atoms with E-state index in [0.29, 0.717) is 34.2 Å². The van der Waals surface area contributed by atoms with Crippen LogP contribution in [0.4, 0.5) is 0 Å². The van der Waals surface area contributed by atoms with Crippen LogP contribution in [-0.4, -0.2) is 44.7 Å². The number of fused-ring (bicyclic) bond motifs is 2. The summed E-state index contributed by atoms with van der Waals surface area (Å²) in [5.41, 5.74) is 3.10. The van der Waals surface area contributed by atoms with E-state index in [-0.39, 0.29) is 11.8 Å². The summed E-state index contributed by atoms with van der Waals surface area (Å²) in [6.45, 7) is 5.72. The number of amides is 2. The number of hydrogen-bond acceptors (Lipinski definition) is 4. The quantitative estimate of drug-likeness (QED) is 0.0522. The Morgan fingerprint density at radius 3 is 1.65 bits per heavy atom. The van der Waals surface area contributed by atoms with Crippen LogP contribution in [-0.2, 0) is 0 Å². The highest BCUT2D eigenvalue weighted by Gasteiger charge is 2.34. The van der Waals surface area contributed by atoms with E-state index in [2.05, 4.69) is 56.3 Å². The molecule has 0 fully saturated rings. The maximum atomic E-state index is 13.9.